The van der Waals surface area contributed by atoms with Gasteiger partial charge in [0.1, 0.15) is 5.69 Å². The van der Waals surface area contributed by atoms with Crippen molar-refractivity contribution in [2.75, 3.05) is 44.3 Å². The normalized spacial score (nSPS) is 14.6. The van der Waals surface area contributed by atoms with Crippen molar-refractivity contribution in [3.63, 3.8) is 0 Å². The number of carbonyl (C=O) groups is 1. The van der Waals surface area contributed by atoms with Crippen LogP contribution < -0.4 is 4.90 Å². The minimum atomic E-state index is -0.207. The van der Waals surface area contributed by atoms with E-state index < -0.39 is 0 Å². The molecule has 0 atom stereocenters. The molecule has 0 unspecified atom stereocenters. The van der Waals surface area contributed by atoms with Crippen LogP contribution in [0.3, 0.4) is 0 Å². The number of aromatic nitrogens is 3. The number of nitrogens with zero attached hydrogens (tertiary/aromatic N) is 5. The zero-order valence-electron chi connectivity index (χ0n) is 15.0. The lowest BCUT2D eigenvalue weighted by atomic mass is 10.3. The van der Waals surface area contributed by atoms with Crippen LogP contribution in [0.1, 0.15) is 10.5 Å². The average molecular weight is 440 g/mol. The molecular weight excluding hydrogens is 421 g/mol. The van der Waals surface area contributed by atoms with Gasteiger partial charge in [-0.05, 0) is 18.2 Å². The molecule has 0 bridgehead atoms. The molecule has 1 aliphatic rings. The van der Waals surface area contributed by atoms with Crippen molar-refractivity contribution < 1.29 is 9.53 Å². The topological polar surface area (TPSA) is 71.5 Å². The van der Waals surface area contributed by atoms with Gasteiger partial charge in [-0.15, -0.1) is 12.4 Å². The maximum Gasteiger partial charge on any atom is 0.280 e. The molecule has 1 aliphatic heterocycles. The van der Waals surface area contributed by atoms with Gasteiger partial charge in [0.05, 0.1) is 29.6 Å². The monoisotopic (exact) mass is 439 g/mol. The highest BCUT2D eigenvalue weighted by Crippen LogP contribution is 2.31. The summed E-state index contributed by atoms with van der Waals surface area (Å²) in [7, 11) is 0. The minimum absolute atomic E-state index is 0. The molecule has 1 fully saturated rings. The molecule has 7 nitrogen and oxygen atoms in total. The van der Waals surface area contributed by atoms with Gasteiger partial charge in [-0.3, -0.25) is 19.6 Å². The summed E-state index contributed by atoms with van der Waals surface area (Å²) in [6, 6.07) is 5.53. The lowest BCUT2D eigenvalue weighted by Crippen LogP contribution is -2.43. The number of hydrogen-bond donors (Lipinski definition) is 0. The number of carbonyl (C=O) groups excluding carboxylic acids is 1. The van der Waals surface area contributed by atoms with Gasteiger partial charge in [-0.2, -0.15) is 0 Å². The van der Waals surface area contributed by atoms with E-state index in [2.05, 4.69) is 19.9 Å². The van der Waals surface area contributed by atoms with Crippen LogP contribution in [-0.4, -0.2) is 65.2 Å². The number of ether oxygens (including phenoxy) is 1. The molecule has 3 heterocycles. The lowest BCUT2D eigenvalue weighted by Gasteiger charge is -2.29. The molecule has 148 valence electrons. The summed E-state index contributed by atoms with van der Waals surface area (Å²) in [5, 5.41) is 1.29. The Kier molecular flexibility index (Phi) is 7.14. The predicted molar refractivity (Wildman–Crippen MR) is 113 cm³/mol. The van der Waals surface area contributed by atoms with E-state index in [4.69, 9.17) is 16.3 Å². The number of fused-ring (bicyclic) bond motifs is 1. The summed E-state index contributed by atoms with van der Waals surface area (Å²) in [6.07, 6.45) is 4.55. The average Bonchev–Trinajstić information content (AvgIpc) is 3.12. The van der Waals surface area contributed by atoms with Gasteiger partial charge in [0, 0.05) is 43.6 Å². The third-order valence-corrected chi connectivity index (χ3v) is 5.62. The maximum absolute atomic E-state index is 13.1. The molecule has 10 heteroatoms. The lowest BCUT2D eigenvalue weighted by molar-refractivity contribution is 0.0391. The van der Waals surface area contributed by atoms with Crippen LogP contribution in [0.15, 0.2) is 36.8 Å². The van der Waals surface area contributed by atoms with Crippen LogP contribution in [0.4, 0.5) is 5.13 Å². The molecule has 1 aromatic carbocycles. The Morgan fingerprint density at radius 2 is 2.11 bits per heavy atom. The van der Waals surface area contributed by atoms with Gasteiger partial charge in [-0.1, -0.05) is 22.9 Å². The van der Waals surface area contributed by atoms with E-state index in [9.17, 15) is 4.79 Å². The molecule has 3 aromatic rings. The highest BCUT2D eigenvalue weighted by atomic mass is 35.5. The molecule has 0 aliphatic carbocycles. The Morgan fingerprint density at radius 3 is 2.86 bits per heavy atom. The third-order valence-electron chi connectivity index (χ3n) is 4.34. The second kappa shape index (κ2) is 9.58. The van der Waals surface area contributed by atoms with E-state index in [0.717, 1.165) is 43.1 Å². The summed E-state index contributed by atoms with van der Waals surface area (Å²) in [5.41, 5.74) is 1.12. The van der Waals surface area contributed by atoms with Crippen LogP contribution in [0.5, 0.6) is 0 Å². The van der Waals surface area contributed by atoms with Crippen molar-refractivity contribution in [2.45, 2.75) is 0 Å². The Morgan fingerprint density at radius 1 is 1.29 bits per heavy atom. The van der Waals surface area contributed by atoms with Crippen molar-refractivity contribution in [1.82, 2.24) is 19.9 Å². The van der Waals surface area contributed by atoms with Crippen LogP contribution in [-0.2, 0) is 4.74 Å². The van der Waals surface area contributed by atoms with E-state index in [0.29, 0.717) is 22.4 Å². The van der Waals surface area contributed by atoms with Crippen molar-refractivity contribution in [1.29, 1.82) is 0 Å². The molecular formula is C18H19Cl2N5O2S. The summed E-state index contributed by atoms with van der Waals surface area (Å²) in [5.74, 6) is -0.207. The predicted octanol–water partition coefficient (Wildman–Crippen LogP) is 3.14. The Hall–Kier alpha value is -1.84. The number of morpholine rings is 1. The Bertz CT molecular complexity index is 934. The van der Waals surface area contributed by atoms with Gasteiger partial charge < -0.3 is 4.74 Å². The number of hydrogen-bond acceptors (Lipinski definition) is 7. The first-order valence-corrected chi connectivity index (χ1v) is 9.84. The zero-order valence-corrected chi connectivity index (χ0v) is 17.3. The van der Waals surface area contributed by atoms with Gasteiger partial charge in [0.15, 0.2) is 5.13 Å². The molecule has 1 saturated heterocycles. The summed E-state index contributed by atoms with van der Waals surface area (Å²) < 4.78 is 6.34. The minimum Gasteiger partial charge on any atom is -0.379 e. The molecule has 1 amide bonds. The van der Waals surface area contributed by atoms with E-state index >= 15 is 0 Å². The SMILES string of the molecule is Cl.O=C(c1cnccn1)N(CCN1CCOCC1)c1nc2ccc(Cl)cc2s1. The molecule has 0 radical (unpaired) electrons. The number of rotatable bonds is 5. The van der Waals surface area contributed by atoms with Gasteiger partial charge in [0.2, 0.25) is 0 Å². The standard InChI is InChI=1S/C18H18ClN5O2S.ClH/c19-13-1-2-14-16(11-13)27-18(22-14)24(6-5-23-7-9-26-10-8-23)17(25)15-12-20-3-4-21-15;/h1-4,11-12H,5-10H2;1H. The Balaban J connectivity index is 0.00000225. The number of benzene rings is 1. The number of halogens is 2. The van der Waals surface area contributed by atoms with Gasteiger partial charge >= 0.3 is 0 Å². The van der Waals surface area contributed by atoms with Crippen LogP contribution >= 0.6 is 35.3 Å². The van der Waals surface area contributed by atoms with Crippen LogP contribution in [0.25, 0.3) is 10.2 Å². The van der Waals surface area contributed by atoms with E-state index in [1.54, 1.807) is 17.2 Å². The maximum atomic E-state index is 13.1. The fraction of sp³-hybridized carbons (Fsp3) is 0.333. The quantitative estimate of drug-likeness (QED) is 0.607. The van der Waals surface area contributed by atoms with E-state index in [1.165, 1.54) is 23.7 Å². The molecule has 0 saturated carbocycles. The second-order valence-corrected chi connectivity index (χ2v) is 7.56. The number of anilines is 1. The molecule has 0 N–H and O–H groups in total. The Labute approximate surface area is 177 Å². The number of amides is 1. The highest BCUT2D eigenvalue weighted by Gasteiger charge is 2.23. The second-order valence-electron chi connectivity index (χ2n) is 6.11. The molecule has 0 spiro atoms. The molecule has 28 heavy (non-hydrogen) atoms. The van der Waals surface area contributed by atoms with Gasteiger partial charge in [-0.25, -0.2) is 9.97 Å². The zero-order chi connectivity index (χ0) is 18.6. The highest BCUT2D eigenvalue weighted by molar-refractivity contribution is 7.22. The molecule has 2 aromatic heterocycles. The van der Waals surface area contributed by atoms with E-state index in [1.807, 2.05) is 12.1 Å². The van der Waals surface area contributed by atoms with Crippen LogP contribution in [0, 0.1) is 0 Å². The fourth-order valence-electron chi connectivity index (χ4n) is 2.90. The van der Waals surface area contributed by atoms with E-state index in [-0.39, 0.29) is 18.3 Å². The first-order chi connectivity index (χ1) is 13.2. The smallest absolute Gasteiger partial charge is 0.280 e. The fourth-order valence-corrected chi connectivity index (χ4v) is 4.17. The largest absolute Gasteiger partial charge is 0.379 e. The van der Waals surface area contributed by atoms with Gasteiger partial charge in [0.25, 0.3) is 5.91 Å². The summed E-state index contributed by atoms with van der Waals surface area (Å²) in [4.78, 5) is 29.9. The van der Waals surface area contributed by atoms with Crippen LogP contribution in [0.2, 0.25) is 5.02 Å². The first-order valence-electron chi connectivity index (χ1n) is 8.65. The summed E-state index contributed by atoms with van der Waals surface area (Å²) >= 11 is 7.54. The molecule has 4 rings (SSSR count). The van der Waals surface area contributed by atoms with Crippen molar-refractivity contribution in [2.24, 2.45) is 0 Å². The van der Waals surface area contributed by atoms with Crippen molar-refractivity contribution >= 4 is 56.6 Å². The van der Waals surface area contributed by atoms with Crippen molar-refractivity contribution in [3.8, 4) is 0 Å². The van der Waals surface area contributed by atoms with Crippen molar-refractivity contribution in [3.05, 3.63) is 47.5 Å². The third kappa shape index (κ3) is 4.76. The first kappa shape index (κ1) is 20.9. The summed E-state index contributed by atoms with van der Waals surface area (Å²) in [6.45, 7) is 4.43. The number of thiazole rings is 1.